The Balaban J connectivity index is 1.92. The van der Waals surface area contributed by atoms with E-state index in [0.29, 0.717) is 10.7 Å². The molecule has 22 heavy (non-hydrogen) atoms. The predicted molar refractivity (Wildman–Crippen MR) is 89.3 cm³/mol. The fourth-order valence-corrected chi connectivity index (χ4v) is 3.11. The Labute approximate surface area is 133 Å². The lowest BCUT2D eigenvalue weighted by atomic mass is 10.2. The molecule has 0 aliphatic carbocycles. The average molecular weight is 333 g/mol. The molecule has 4 nitrogen and oxygen atoms in total. The second-order valence-electron chi connectivity index (χ2n) is 4.98. The van der Waals surface area contributed by atoms with Crippen molar-refractivity contribution in [1.29, 1.82) is 0 Å². The summed E-state index contributed by atoms with van der Waals surface area (Å²) >= 11 is 5.92. The molecule has 0 saturated carbocycles. The molecule has 1 aromatic heterocycles. The highest BCUT2D eigenvalue weighted by Crippen LogP contribution is 2.20. The van der Waals surface area contributed by atoms with Gasteiger partial charge in [-0.3, -0.25) is 0 Å². The van der Waals surface area contributed by atoms with Crippen LogP contribution in [0.2, 0.25) is 5.02 Å². The Morgan fingerprint density at radius 2 is 1.82 bits per heavy atom. The van der Waals surface area contributed by atoms with Crippen LogP contribution in [-0.2, 0) is 10.0 Å². The first-order valence-corrected chi connectivity index (χ1v) is 8.41. The first-order chi connectivity index (χ1) is 10.4. The smallest absolute Gasteiger partial charge is 0.282 e. The monoisotopic (exact) mass is 332 g/mol. The SMILES string of the molecule is Cc1ccc(S(=O)(=O)N=Cc2cc3ccc(Cl)cc3[nH]2)cc1. The maximum absolute atomic E-state index is 12.2. The van der Waals surface area contributed by atoms with Crippen LogP contribution in [0.15, 0.2) is 57.8 Å². The standard InChI is InChI=1S/C16H13ClN2O2S/c1-11-2-6-15(7-3-11)22(20,21)18-10-14-8-12-4-5-13(17)9-16(12)19-14/h2-10,19H,1H3. The number of hydrogen-bond acceptors (Lipinski definition) is 2. The van der Waals surface area contributed by atoms with E-state index in [2.05, 4.69) is 9.38 Å². The van der Waals surface area contributed by atoms with Crippen molar-refractivity contribution in [2.45, 2.75) is 11.8 Å². The van der Waals surface area contributed by atoms with Crippen molar-refractivity contribution >= 4 is 38.7 Å². The van der Waals surface area contributed by atoms with E-state index in [1.165, 1.54) is 6.21 Å². The van der Waals surface area contributed by atoms with Crippen molar-refractivity contribution in [2.24, 2.45) is 4.40 Å². The van der Waals surface area contributed by atoms with Gasteiger partial charge in [0.15, 0.2) is 0 Å². The largest absolute Gasteiger partial charge is 0.354 e. The van der Waals surface area contributed by atoms with E-state index in [1.807, 2.05) is 19.1 Å². The van der Waals surface area contributed by atoms with Crippen molar-refractivity contribution in [3.05, 3.63) is 64.8 Å². The summed E-state index contributed by atoms with van der Waals surface area (Å²) in [5, 5.41) is 1.56. The molecule has 3 rings (SSSR count). The summed E-state index contributed by atoms with van der Waals surface area (Å²) in [5.74, 6) is 0. The molecule has 0 radical (unpaired) electrons. The first kappa shape index (κ1) is 14.8. The van der Waals surface area contributed by atoms with Gasteiger partial charge in [0.25, 0.3) is 10.0 Å². The normalized spacial score (nSPS) is 12.3. The zero-order valence-electron chi connectivity index (χ0n) is 11.7. The molecular formula is C16H13ClN2O2S. The number of nitrogens with zero attached hydrogens (tertiary/aromatic N) is 1. The number of aromatic amines is 1. The second kappa shape index (κ2) is 5.59. The van der Waals surface area contributed by atoms with Crippen LogP contribution in [0.25, 0.3) is 10.9 Å². The molecule has 3 aromatic rings. The van der Waals surface area contributed by atoms with Crippen LogP contribution < -0.4 is 0 Å². The number of halogens is 1. The molecule has 0 bridgehead atoms. The third kappa shape index (κ3) is 3.05. The fraction of sp³-hybridized carbons (Fsp3) is 0.0625. The molecule has 2 aromatic carbocycles. The number of fused-ring (bicyclic) bond motifs is 1. The van der Waals surface area contributed by atoms with Crippen LogP contribution >= 0.6 is 11.6 Å². The van der Waals surface area contributed by atoms with Crippen molar-refractivity contribution in [2.75, 3.05) is 0 Å². The fourth-order valence-electron chi connectivity index (χ4n) is 2.09. The molecule has 0 aliphatic rings. The van der Waals surface area contributed by atoms with Crippen LogP contribution in [0.5, 0.6) is 0 Å². The molecule has 0 atom stereocenters. The minimum Gasteiger partial charge on any atom is -0.354 e. The van der Waals surface area contributed by atoms with Crippen LogP contribution in [0, 0.1) is 6.92 Å². The number of aryl methyl sites for hydroxylation is 1. The van der Waals surface area contributed by atoms with E-state index in [9.17, 15) is 8.42 Å². The van der Waals surface area contributed by atoms with Crippen LogP contribution in [-0.4, -0.2) is 19.6 Å². The lowest BCUT2D eigenvalue weighted by Gasteiger charge is -1.98. The summed E-state index contributed by atoms with van der Waals surface area (Å²) in [6.45, 7) is 1.90. The second-order valence-corrected chi connectivity index (χ2v) is 7.05. The Kier molecular flexibility index (Phi) is 3.76. The highest BCUT2D eigenvalue weighted by molar-refractivity contribution is 7.90. The van der Waals surface area contributed by atoms with E-state index < -0.39 is 10.0 Å². The van der Waals surface area contributed by atoms with Gasteiger partial charge >= 0.3 is 0 Å². The maximum Gasteiger partial charge on any atom is 0.282 e. The predicted octanol–water partition coefficient (Wildman–Crippen LogP) is 3.94. The molecule has 0 fully saturated rings. The summed E-state index contributed by atoms with van der Waals surface area (Å²) in [6.07, 6.45) is 1.31. The summed E-state index contributed by atoms with van der Waals surface area (Å²) < 4.78 is 28.0. The molecule has 0 spiro atoms. The summed E-state index contributed by atoms with van der Waals surface area (Å²) in [6, 6.07) is 13.8. The number of nitrogens with one attached hydrogen (secondary N) is 1. The van der Waals surface area contributed by atoms with Crippen molar-refractivity contribution in [3.63, 3.8) is 0 Å². The minimum atomic E-state index is -3.70. The number of H-pyrrole nitrogens is 1. The van der Waals surface area contributed by atoms with Crippen LogP contribution in [0.1, 0.15) is 11.3 Å². The maximum atomic E-state index is 12.2. The highest BCUT2D eigenvalue weighted by atomic mass is 35.5. The van der Waals surface area contributed by atoms with Gasteiger partial charge in [0.2, 0.25) is 0 Å². The van der Waals surface area contributed by atoms with Crippen molar-refractivity contribution in [3.8, 4) is 0 Å². The molecule has 0 unspecified atom stereocenters. The van der Waals surface area contributed by atoms with E-state index in [0.717, 1.165) is 16.5 Å². The van der Waals surface area contributed by atoms with Crippen molar-refractivity contribution < 1.29 is 8.42 Å². The molecule has 112 valence electrons. The Morgan fingerprint density at radius 1 is 1.09 bits per heavy atom. The van der Waals surface area contributed by atoms with Crippen LogP contribution in [0.3, 0.4) is 0 Å². The summed E-state index contributed by atoms with van der Waals surface area (Å²) in [7, 11) is -3.70. The number of sulfonamides is 1. The van der Waals surface area contributed by atoms with E-state index in [1.54, 1.807) is 36.4 Å². The molecule has 6 heteroatoms. The van der Waals surface area contributed by atoms with Gasteiger partial charge in [-0.25, -0.2) is 0 Å². The molecule has 1 heterocycles. The van der Waals surface area contributed by atoms with Gasteiger partial charge in [-0.15, -0.1) is 0 Å². The molecule has 1 N–H and O–H groups in total. The van der Waals surface area contributed by atoms with Crippen molar-refractivity contribution in [1.82, 2.24) is 4.98 Å². The number of benzene rings is 2. The van der Waals surface area contributed by atoms with Crippen LogP contribution in [0.4, 0.5) is 0 Å². The lowest BCUT2D eigenvalue weighted by molar-refractivity contribution is 0.598. The molecule has 0 aliphatic heterocycles. The number of hydrogen-bond donors (Lipinski definition) is 1. The van der Waals surface area contributed by atoms with Gasteiger partial charge in [-0.05, 0) is 37.3 Å². The Bertz CT molecular complexity index is 957. The first-order valence-electron chi connectivity index (χ1n) is 6.59. The van der Waals surface area contributed by atoms with Gasteiger partial charge < -0.3 is 4.98 Å². The third-order valence-electron chi connectivity index (χ3n) is 3.25. The summed E-state index contributed by atoms with van der Waals surface area (Å²) in [5.41, 5.74) is 2.44. The highest BCUT2D eigenvalue weighted by Gasteiger charge is 2.11. The minimum absolute atomic E-state index is 0.175. The van der Waals surface area contributed by atoms with Gasteiger partial charge in [0, 0.05) is 15.9 Å². The zero-order valence-corrected chi connectivity index (χ0v) is 13.3. The van der Waals surface area contributed by atoms with Gasteiger partial charge in [0.05, 0.1) is 16.8 Å². The molecule has 0 amide bonds. The van der Waals surface area contributed by atoms with Gasteiger partial charge in [-0.1, -0.05) is 35.4 Å². The van der Waals surface area contributed by atoms with E-state index in [-0.39, 0.29) is 4.90 Å². The number of aromatic nitrogens is 1. The Hall–Kier alpha value is -2.11. The summed E-state index contributed by atoms with van der Waals surface area (Å²) in [4.78, 5) is 3.25. The Morgan fingerprint density at radius 3 is 2.55 bits per heavy atom. The topological polar surface area (TPSA) is 62.3 Å². The molecule has 0 saturated heterocycles. The average Bonchev–Trinajstić information content (AvgIpc) is 2.88. The van der Waals surface area contributed by atoms with Gasteiger partial charge in [0.1, 0.15) is 0 Å². The number of rotatable bonds is 3. The third-order valence-corrected chi connectivity index (χ3v) is 4.74. The quantitative estimate of drug-likeness (QED) is 0.738. The lowest BCUT2D eigenvalue weighted by Crippen LogP contribution is -1.97. The van der Waals surface area contributed by atoms with E-state index >= 15 is 0 Å². The van der Waals surface area contributed by atoms with E-state index in [4.69, 9.17) is 11.6 Å². The van der Waals surface area contributed by atoms with Gasteiger partial charge in [-0.2, -0.15) is 12.8 Å². The molecular weight excluding hydrogens is 320 g/mol. The zero-order chi connectivity index (χ0) is 15.7.